The number of halogens is 1. The van der Waals surface area contributed by atoms with Gasteiger partial charge in [0.05, 0.1) is 42.2 Å². The van der Waals surface area contributed by atoms with Crippen LogP contribution in [0.2, 0.25) is 0 Å². The molecule has 1 unspecified atom stereocenters. The Morgan fingerprint density at radius 3 is 2.58 bits per heavy atom. The number of methoxy groups -OCH3 is 1. The maximum Gasteiger partial charge on any atom is 0.338 e. The smallest absolute Gasteiger partial charge is 0.338 e. The minimum absolute atomic E-state index is 0.210. The van der Waals surface area contributed by atoms with Crippen molar-refractivity contribution in [1.82, 2.24) is 4.57 Å². The van der Waals surface area contributed by atoms with Gasteiger partial charge < -0.3 is 14.2 Å². The van der Waals surface area contributed by atoms with Crippen LogP contribution >= 0.6 is 27.3 Å². The number of esters is 1. The highest BCUT2D eigenvalue weighted by Crippen LogP contribution is 2.36. The summed E-state index contributed by atoms with van der Waals surface area (Å²) >= 11 is 4.84. The van der Waals surface area contributed by atoms with Crippen LogP contribution in [0, 0.1) is 6.92 Å². The van der Waals surface area contributed by atoms with Crippen molar-refractivity contribution in [2.75, 3.05) is 20.3 Å². The Hall–Kier alpha value is -3.17. The number of hydrogen-bond donors (Lipinski definition) is 0. The quantitative estimate of drug-likeness (QED) is 0.396. The highest BCUT2D eigenvalue weighted by atomic mass is 79.9. The standard InChI is InChI=1S/C27H27BrN2O5S/c1-6-34-21-14-18(10-11-20(21)33-5)24-23(26(32)35-7-2)16(4)29-27-30(24)25(31)22(36-27)13-17-9-8-15(3)19(28)12-17/h8-14,24H,6-7H2,1-5H3/b22-13-. The normalized spacial score (nSPS) is 15.4. The van der Waals surface area contributed by atoms with Gasteiger partial charge in [0.2, 0.25) is 0 Å². The highest BCUT2D eigenvalue weighted by molar-refractivity contribution is 9.10. The molecule has 9 heteroatoms. The second kappa shape index (κ2) is 10.8. The number of allylic oxidation sites excluding steroid dienone is 1. The third-order valence-electron chi connectivity index (χ3n) is 5.81. The van der Waals surface area contributed by atoms with Crippen LogP contribution in [0.1, 0.15) is 43.5 Å². The van der Waals surface area contributed by atoms with E-state index in [2.05, 4.69) is 20.9 Å². The first-order valence-electron chi connectivity index (χ1n) is 11.6. The van der Waals surface area contributed by atoms with Crippen molar-refractivity contribution in [2.24, 2.45) is 4.99 Å². The van der Waals surface area contributed by atoms with E-state index in [1.54, 1.807) is 37.7 Å². The van der Waals surface area contributed by atoms with Crippen molar-refractivity contribution < 1.29 is 19.0 Å². The molecule has 0 saturated heterocycles. The molecule has 0 N–H and O–H groups in total. The van der Waals surface area contributed by atoms with Crippen molar-refractivity contribution in [3.05, 3.63) is 88.5 Å². The minimum atomic E-state index is -0.725. The summed E-state index contributed by atoms with van der Waals surface area (Å²) in [5, 5.41) is 0. The summed E-state index contributed by atoms with van der Waals surface area (Å²) in [5.41, 5.74) is 3.29. The van der Waals surface area contributed by atoms with Gasteiger partial charge in [-0.2, -0.15) is 0 Å². The number of carbonyl (C=O) groups is 1. The second-order valence-corrected chi connectivity index (χ2v) is 10.0. The molecule has 2 aromatic carbocycles. The predicted octanol–water partition coefficient (Wildman–Crippen LogP) is 4.28. The summed E-state index contributed by atoms with van der Waals surface area (Å²) in [6.45, 7) is 8.05. The molecule has 0 aliphatic carbocycles. The van der Waals surface area contributed by atoms with E-state index in [-0.39, 0.29) is 12.2 Å². The maximum atomic E-state index is 13.8. The molecule has 3 aromatic rings. The van der Waals surface area contributed by atoms with Gasteiger partial charge in [-0.15, -0.1) is 0 Å². The molecule has 0 amide bonds. The number of aryl methyl sites for hydroxylation is 1. The molecule has 188 valence electrons. The van der Waals surface area contributed by atoms with Gasteiger partial charge in [-0.3, -0.25) is 9.36 Å². The zero-order chi connectivity index (χ0) is 26.0. The second-order valence-electron chi connectivity index (χ2n) is 8.15. The minimum Gasteiger partial charge on any atom is -0.493 e. The van der Waals surface area contributed by atoms with Crippen LogP contribution in [-0.2, 0) is 9.53 Å². The van der Waals surface area contributed by atoms with Gasteiger partial charge in [0.25, 0.3) is 5.56 Å². The van der Waals surface area contributed by atoms with E-state index in [9.17, 15) is 9.59 Å². The number of ether oxygens (including phenoxy) is 3. The molecule has 2 heterocycles. The molecular weight excluding hydrogens is 544 g/mol. The molecule has 36 heavy (non-hydrogen) atoms. The van der Waals surface area contributed by atoms with Crippen LogP contribution in [0.15, 0.2) is 61.9 Å². The number of rotatable bonds is 7. The van der Waals surface area contributed by atoms with Gasteiger partial charge in [0.15, 0.2) is 16.3 Å². The Morgan fingerprint density at radius 2 is 1.92 bits per heavy atom. The molecular formula is C27H27BrN2O5S. The molecule has 4 rings (SSSR count). The first-order chi connectivity index (χ1) is 17.3. The van der Waals surface area contributed by atoms with Crippen LogP contribution in [0.25, 0.3) is 6.08 Å². The lowest BCUT2D eigenvalue weighted by Gasteiger charge is -2.25. The van der Waals surface area contributed by atoms with Gasteiger partial charge in [-0.25, -0.2) is 9.79 Å². The number of fused-ring (bicyclic) bond motifs is 1. The maximum absolute atomic E-state index is 13.8. The summed E-state index contributed by atoms with van der Waals surface area (Å²) < 4.78 is 19.6. The molecule has 7 nitrogen and oxygen atoms in total. The van der Waals surface area contributed by atoms with Crippen LogP contribution < -0.4 is 24.4 Å². The number of hydrogen-bond acceptors (Lipinski definition) is 7. The lowest BCUT2D eigenvalue weighted by molar-refractivity contribution is -0.139. The summed E-state index contributed by atoms with van der Waals surface area (Å²) in [6, 6.07) is 10.6. The Labute approximate surface area is 221 Å². The van der Waals surface area contributed by atoms with Crippen molar-refractivity contribution in [3.8, 4) is 11.5 Å². The summed E-state index contributed by atoms with van der Waals surface area (Å²) in [5.74, 6) is 0.590. The summed E-state index contributed by atoms with van der Waals surface area (Å²) in [6.07, 6.45) is 1.84. The molecule has 1 aliphatic rings. The van der Waals surface area contributed by atoms with Crippen LogP contribution in [-0.4, -0.2) is 30.9 Å². The number of carbonyl (C=O) groups excluding carboxylic acids is 1. The van der Waals surface area contributed by atoms with E-state index in [0.717, 1.165) is 15.6 Å². The first kappa shape index (κ1) is 25.9. The summed E-state index contributed by atoms with van der Waals surface area (Å²) in [7, 11) is 1.57. The van der Waals surface area contributed by atoms with Crippen molar-refractivity contribution in [1.29, 1.82) is 0 Å². The monoisotopic (exact) mass is 570 g/mol. The van der Waals surface area contributed by atoms with E-state index >= 15 is 0 Å². The van der Waals surface area contributed by atoms with Gasteiger partial charge >= 0.3 is 5.97 Å². The fourth-order valence-corrected chi connectivity index (χ4v) is 5.53. The van der Waals surface area contributed by atoms with E-state index < -0.39 is 12.0 Å². The van der Waals surface area contributed by atoms with Crippen LogP contribution in [0.4, 0.5) is 0 Å². The van der Waals surface area contributed by atoms with Crippen LogP contribution in [0.5, 0.6) is 11.5 Å². The topological polar surface area (TPSA) is 79.1 Å². The third kappa shape index (κ3) is 4.90. The van der Waals surface area contributed by atoms with E-state index in [1.165, 1.54) is 11.3 Å². The lowest BCUT2D eigenvalue weighted by atomic mass is 9.95. The van der Waals surface area contributed by atoms with Crippen molar-refractivity contribution in [3.63, 3.8) is 0 Å². The predicted molar refractivity (Wildman–Crippen MR) is 143 cm³/mol. The number of aromatic nitrogens is 1. The summed E-state index contributed by atoms with van der Waals surface area (Å²) in [4.78, 5) is 32.0. The fourth-order valence-electron chi connectivity index (χ4n) is 4.09. The Balaban J connectivity index is 1.96. The average molecular weight is 571 g/mol. The van der Waals surface area contributed by atoms with Crippen molar-refractivity contribution in [2.45, 2.75) is 33.7 Å². The van der Waals surface area contributed by atoms with E-state index in [1.807, 2.05) is 44.2 Å². The highest BCUT2D eigenvalue weighted by Gasteiger charge is 2.34. The molecule has 0 spiro atoms. The Kier molecular flexibility index (Phi) is 7.80. The molecule has 1 aromatic heterocycles. The zero-order valence-electron chi connectivity index (χ0n) is 20.8. The fraction of sp³-hybridized carbons (Fsp3) is 0.296. The van der Waals surface area contributed by atoms with Crippen LogP contribution in [0.3, 0.4) is 0 Å². The van der Waals surface area contributed by atoms with E-state index in [0.29, 0.717) is 44.3 Å². The SMILES string of the molecule is CCOC(=O)C1=C(C)N=c2s/c(=C\c3ccc(C)c(Br)c3)c(=O)n2C1c1ccc(OC)c(OCC)c1. The molecule has 1 aliphatic heterocycles. The zero-order valence-corrected chi connectivity index (χ0v) is 23.2. The molecule has 1 atom stereocenters. The van der Waals surface area contributed by atoms with Gasteiger partial charge in [0, 0.05) is 4.47 Å². The van der Waals surface area contributed by atoms with Gasteiger partial charge in [0.1, 0.15) is 0 Å². The number of thiazole rings is 1. The average Bonchev–Trinajstić information content (AvgIpc) is 3.15. The molecule has 0 saturated carbocycles. The third-order valence-corrected chi connectivity index (χ3v) is 7.65. The largest absolute Gasteiger partial charge is 0.493 e. The Morgan fingerprint density at radius 1 is 1.14 bits per heavy atom. The number of benzene rings is 2. The van der Waals surface area contributed by atoms with E-state index in [4.69, 9.17) is 14.2 Å². The Bertz CT molecular complexity index is 1540. The number of nitrogens with zero attached hydrogens (tertiary/aromatic N) is 2. The van der Waals surface area contributed by atoms with Gasteiger partial charge in [-0.05, 0) is 68.7 Å². The lowest BCUT2D eigenvalue weighted by Crippen LogP contribution is -2.40. The van der Waals surface area contributed by atoms with Gasteiger partial charge in [-0.1, -0.05) is 45.5 Å². The molecule has 0 fully saturated rings. The van der Waals surface area contributed by atoms with Crippen molar-refractivity contribution >= 4 is 39.3 Å². The molecule has 0 radical (unpaired) electrons. The first-order valence-corrected chi connectivity index (χ1v) is 13.2. The molecule has 0 bridgehead atoms.